The Balaban J connectivity index is 2.24. The van der Waals surface area contributed by atoms with E-state index in [4.69, 9.17) is 15.8 Å². The average molecular weight is 331 g/mol. The van der Waals surface area contributed by atoms with E-state index in [-0.39, 0.29) is 34.0 Å². The largest absolute Gasteiger partial charge is 0.506 e. The van der Waals surface area contributed by atoms with E-state index in [2.05, 4.69) is 20.8 Å². The van der Waals surface area contributed by atoms with Gasteiger partial charge in [-0.1, -0.05) is 0 Å². The van der Waals surface area contributed by atoms with E-state index in [1.54, 1.807) is 6.07 Å². The Labute approximate surface area is 142 Å². The van der Waals surface area contributed by atoms with E-state index >= 15 is 0 Å². The van der Waals surface area contributed by atoms with Crippen LogP contribution in [0.25, 0.3) is 0 Å². The zero-order valence-corrected chi connectivity index (χ0v) is 12.5. The molecule has 0 aliphatic carbocycles. The Morgan fingerprint density at radius 2 is 1.56 bits per heavy atom. The van der Waals surface area contributed by atoms with E-state index in [1.807, 2.05) is 12.1 Å². The minimum absolute atomic E-state index is 0.00340. The summed E-state index contributed by atoms with van der Waals surface area (Å²) in [4.78, 5) is 0. The fourth-order valence-corrected chi connectivity index (χ4v) is 1.65. The van der Waals surface area contributed by atoms with Crippen LogP contribution in [0.4, 0.5) is 11.4 Å². The molecule has 0 amide bonds. The van der Waals surface area contributed by atoms with E-state index < -0.39 is 5.84 Å². The summed E-state index contributed by atoms with van der Waals surface area (Å²) in [6, 6.07) is 13.5. The van der Waals surface area contributed by atoms with Crippen molar-refractivity contribution in [2.45, 2.75) is 0 Å². The predicted molar refractivity (Wildman–Crippen MR) is 86.8 cm³/mol. The molecule has 0 saturated carbocycles. The molecule has 0 bridgehead atoms. The summed E-state index contributed by atoms with van der Waals surface area (Å²) in [5.41, 5.74) is 3.06. The van der Waals surface area contributed by atoms with Crippen LogP contribution < -0.4 is 5.43 Å². The maximum absolute atomic E-state index is 9.68. The van der Waals surface area contributed by atoms with Gasteiger partial charge in [-0.2, -0.15) is 15.8 Å². The number of nitrogens with zero attached hydrogens (tertiary/aromatic N) is 6. The van der Waals surface area contributed by atoms with Crippen molar-refractivity contribution in [3.63, 3.8) is 0 Å². The van der Waals surface area contributed by atoms with Gasteiger partial charge in [-0.05, 0) is 36.4 Å². The maximum Gasteiger partial charge on any atom is 0.270 e. The topological polar surface area (TPSA) is 161 Å². The van der Waals surface area contributed by atoms with Crippen LogP contribution in [0.15, 0.2) is 51.7 Å². The molecule has 0 aromatic heterocycles. The van der Waals surface area contributed by atoms with Crippen LogP contribution in [0.3, 0.4) is 0 Å². The lowest BCUT2D eigenvalue weighted by molar-refractivity contribution is 0.476. The molecule has 0 unspecified atom stereocenters. The number of hydrazone groups is 1. The van der Waals surface area contributed by atoms with Gasteiger partial charge in [0.05, 0.1) is 29.0 Å². The molecule has 0 aliphatic rings. The molecule has 0 atom stereocenters. The van der Waals surface area contributed by atoms with Gasteiger partial charge in [0, 0.05) is 0 Å². The highest BCUT2D eigenvalue weighted by Crippen LogP contribution is 2.27. The zero-order chi connectivity index (χ0) is 18.2. The monoisotopic (exact) mass is 331 g/mol. The average Bonchev–Trinajstić information content (AvgIpc) is 2.64. The summed E-state index contributed by atoms with van der Waals surface area (Å²) >= 11 is 0. The van der Waals surface area contributed by atoms with Crippen LogP contribution in [0.5, 0.6) is 11.5 Å². The number of hydrogen-bond donors (Lipinski definition) is 3. The Bertz CT molecular complexity index is 991. The summed E-state index contributed by atoms with van der Waals surface area (Å²) < 4.78 is 0. The maximum atomic E-state index is 9.68. The molecular formula is C16H9N7O2. The molecular weight excluding hydrogens is 322 g/mol. The van der Waals surface area contributed by atoms with Crippen molar-refractivity contribution in [2.24, 2.45) is 15.3 Å². The molecule has 9 heteroatoms. The summed E-state index contributed by atoms with van der Waals surface area (Å²) in [5, 5.41) is 56.9. The second-order valence-electron chi connectivity index (χ2n) is 4.52. The molecule has 0 radical (unpaired) electrons. The van der Waals surface area contributed by atoms with Gasteiger partial charge >= 0.3 is 0 Å². The third-order valence-corrected chi connectivity index (χ3v) is 2.86. The van der Waals surface area contributed by atoms with Gasteiger partial charge in [0.1, 0.15) is 23.3 Å². The first kappa shape index (κ1) is 16.9. The first-order chi connectivity index (χ1) is 12.1. The smallest absolute Gasteiger partial charge is 0.270 e. The number of amidine groups is 1. The summed E-state index contributed by atoms with van der Waals surface area (Å²) in [6.45, 7) is 0. The number of rotatable bonds is 3. The van der Waals surface area contributed by atoms with Crippen LogP contribution in [0.1, 0.15) is 11.1 Å². The fraction of sp³-hybridized carbons (Fsp3) is 0. The quantitative estimate of drug-likeness (QED) is 0.257. The van der Waals surface area contributed by atoms with Crippen molar-refractivity contribution in [2.75, 3.05) is 5.43 Å². The van der Waals surface area contributed by atoms with Crippen LogP contribution >= 0.6 is 0 Å². The SMILES string of the molecule is N#C/C(N=Nc1cc(C#N)ccc1O)=N\Nc1cc(C#N)ccc1O. The van der Waals surface area contributed by atoms with Crippen LogP contribution in [-0.2, 0) is 0 Å². The van der Waals surface area contributed by atoms with Gasteiger partial charge < -0.3 is 10.2 Å². The number of hydrogen-bond acceptors (Lipinski definition) is 8. The number of nitrogens with one attached hydrogen (secondary N) is 1. The number of phenolic OH excluding ortho intramolecular Hbond substituents is 2. The Morgan fingerprint density at radius 1 is 0.920 bits per heavy atom. The Hall–Kier alpha value is -4.42. The van der Waals surface area contributed by atoms with Crippen LogP contribution in [0, 0.1) is 34.0 Å². The highest BCUT2D eigenvalue weighted by atomic mass is 16.3. The van der Waals surface area contributed by atoms with Crippen molar-refractivity contribution >= 4 is 17.2 Å². The second kappa shape index (κ2) is 7.73. The standard InChI is InChI=1S/C16H9N7O2/c17-7-10-1-3-14(24)12(5-10)20-22-16(9-19)23-21-13-6-11(8-18)2-4-15(13)25/h1-6,20,24-25H/b22-16+,23-21?. The molecule has 0 aliphatic heterocycles. The van der Waals surface area contributed by atoms with Gasteiger partial charge in [-0.15, -0.1) is 15.3 Å². The summed E-state index contributed by atoms with van der Waals surface area (Å²) in [6.07, 6.45) is 0. The molecule has 2 rings (SSSR count). The van der Waals surface area contributed by atoms with Crippen molar-refractivity contribution in [3.05, 3.63) is 47.5 Å². The fourth-order valence-electron chi connectivity index (χ4n) is 1.65. The Morgan fingerprint density at radius 3 is 2.20 bits per heavy atom. The number of phenols is 2. The number of nitriles is 3. The Kier molecular flexibility index (Phi) is 5.24. The predicted octanol–water partition coefficient (Wildman–Crippen LogP) is 2.87. The highest BCUT2D eigenvalue weighted by Gasteiger charge is 2.04. The number of anilines is 1. The van der Waals surface area contributed by atoms with Gasteiger partial charge in [-0.25, -0.2) is 0 Å². The molecule has 0 heterocycles. The van der Waals surface area contributed by atoms with Gasteiger partial charge in [0.25, 0.3) is 5.84 Å². The van der Waals surface area contributed by atoms with E-state index in [9.17, 15) is 10.2 Å². The normalized spacial score (nSPS) is 10.7. The van der Waals surface area contributed by atoms with Crippen molar-refractivity contribution in [1.29, 1.82) is 15.8 Å². The van der Waals surface area contributed by atoms with Crippen molar-refractivity contribution in [1.82, 2.24) is 0 Å². The molecule has 3 N–H and O–H groups in total. The van der Waals surface area contributed by atoms with Gasteiger partial charge in [0.15, 0.2) is 0 Å². The third kappa shape index (κ3) is 4.28. The lowest BCUT2D eigenvalue weighted by Crippen LogP contribution is -1.96. The lowest BCUT2D eigenvalue weighted by Gasteiger charge is -2.03. The van der Waals surface area contributed by atoms with Crippen LogP contribution in [-0.4, -0.2) is 16.0 Å². The van der Waals surface area contributed by atoms with Crippen molar-refractivity contribution < 1.29 is 10.2 Å². The molecule has 25 heavy (non-hydrogen) atoms. The number of azo groups is 1. The molecule has 2 aromatic carbocycles. The minimum atomic E-state index is -0.400. The number of aromatic hydroxyl groups is 2. The molecule has 0 spiro atoms. The summed E-state index contributed by atoms with van der Waals surface area (Å²) in [7, 11) is 0. The van der Waals surface area contributed by atoms with Gasteiger partial charge in [-0.3, -0.25) is 5.43 Å². The molecule has 0 saturated heterocycles. The van der Waals surface area contributed by atoms with Crippen LogP contribution in [0.2, 0.25) is 0 Å². The first-order valence-corrected chi connectivity index (χ1v) is 6.69. The number of benzene rings is 2. The summed E-state index contributed by atoms with van der Waals surface area (Å²) in [5.74, 6) is -0.785. The van der Waals surface area contributed by atoms with E-state index in [0.29, 0.717) is 0 Å². The van der Waals surface area contributed by atoms with E-state index in [0.717, 1.165) is 0 Å². The molecule has 2 aromatic rings. The first-order valence-electron chi connectivity index (χ1n) is 6.69. The molecule has 9 nitrogen and oxygen atoms in total. The van der Waals surface area contributed by atoms with Crippen molar-refractivity contribution in [3.8, 4) is 29.7 Å². The molecule has 120 valence electrons. The zero-order valence-electron chi connectivity index (χ0n) is 12.5. The molecule has 0 fully saturated rings. The second-order valence-corrected chi connectivity index (χ2v) is 4.52. The highest BCUT2D eigenvalue weighted by molar-refractivity contribution is 5.97. The third-order valence-electron chi connectivity index (χ3n) is 2.86. The van der Waals surface area contributed by atoms with Gasteiger partial charge in [0.2, 0.25) is 0 Å². The lowest BCUT2D eigenvalue weighted by atomic mass is 10.2. The minimum Gasteiger partial charge on any atom is -0.506 e. The van der Waals surface area contributed by atoms with E-state index in [1.165, 1.54) is 36.4 Å².